The minimum Gasteiger partial charge on any atom is -0.300 e. The number of halogens is 1. The highest BCUT2D eigenvalue weighted by molar-refractivity contribution is 7.18. The van der Waals surface area contributed by atoms with Gasteiger partial charge in [0, 0.05) is 16.5 Å². The van der Waals surface area contributed by atoms with Crippen molar-refractivity contribution in [1.82, 2.24) is 15.2 Å². The van der Waals surface area contributed by atoms with E-state index in [-0.39, 0.29) is 18.1 Å². The lowest BCUT2D eigenvalue weighted by atomic mass is 10.2. The summed E-state index contributed by atoms with van der Waals surface area (Å²) in [6.45, 7) is 0. The van der Waals surface area contributed by atoms with E-state index in [9.17, 15) is 9.18 Å². The van der Waals surface area contributed by atoms with Crippen LogP contribution < -0.4 is 5.32 Å². The molecule has 0 aliphatic heterocycles. The van der Waals surface area contributed by atoms with Crippen molar-refractivity contribution >= 4 is 33.7 Å². The van der Waals surface area contributed by atoms with Gasteiger partial charge in [0.25, 0.3) is 0 Å². The monoisotopic (exact) mass is 396 g/mol. The van der Waals surface area contributed by atoms with Crippen LogP contribution >= 0.6 is 22.7 Å². The van der Waals surface area contributed by atoms with Gasteiger partial charge < -0.3 is 5.32 Å². The average Bonchev–Trinajstić information content (AvgIpc) is 3.32. The Bertz CT molecular complexity index is 1080. The Labute approximate surface area is 162 Å². The molecule has 1 N–H and O–H groups in total. The molecule has 0 aliphatic rings. The van der Waals surface area contributed by atoms with E-state index in [0.29, 0.717) is 21.4 Å². The predicted molar refractivity (Wildman–Crippen MR) is 105 cm³/mol. The van der Waals surface area contributed by atoms with Crippen LogP contribution in [0.25, 0.3) is 21.1 Å². The summed E-state index contributed by atoms with van der Waals surface area (Å²) < 4.78 is 13.3. The topological polar surface area (TPSA) is 67.8 Å². The number of thiazole rings is 1. The van der Waals surface area contributed by atoms with Crippen molar-refractivity contribution in [2.45, 2.75) is 6.42 Å². The lowest BCUT2D eigenvalue weighted by Crippen LogP contribution is -2.14. The number of carbonyl (C=O) groups is 1. The Hall–Kier alpha value is -2.97. The number of nitrogens with one attached hydrogen (secondary N) is 1. The summed E-state index contributed by atoms with van der Waals surface area (Å²) in [6.07, 6.45) is 0.117. The van der Waals surface area contributed by atoms with Crippen LogP contribution in [-0.4, -0.2) is 21.1 Å². The fourth-order valence-electron chi connectivity index (χ4n) is 2.44. The minimum absolute atomic E-state index is 0.117. The Kier molecular flexibility index (Phi) is 4.99. The molecule has 27 heavy (non-hydrogen) atoms. The molecule has 134 valence electrons. The van der Waals surface area contributed by atoms with E-state index in [1.165, 1.54) is 34.8 Å². The van der Waals surface area contributed by atoms with E-state index in [1.54, 1.807) is 17.5 Å². The highest BCUT2D eigenvalue weighted by Gasteiger charge is 2.13. The van der Waals surface area contributed by atoms with Crippen molar-refractivity contribution in [2.75, 3.05) is 5.32 Å². The smallest absolute Gasteiger partial charge is 0.232 e. The third kappa shape index (κ3) is 4.24. The van der Waals surface area contributed by atoms with Crippen molar-refractivity contribution in [1.29, 1.82) is 0 Å². The molecule has 1 amide bonds. The average molecular weight is 396 g/mol. The SMILES string of the molecule is O=C(Cc1csc(-c2cccc(F)c2)n1)Nc1nnc(-c2ccccc2)s1. The summed E-state index contributed by atoms with van der Waals surface area (Å²) >= 11 is 2.69. The summed E-state index contributed by atoms with van der Waals surface area (Å²) in [5, 5.41) is 14.5. The van der Waals surface area contributed by atoms with E-state index in [2.05, 4.69) is 20.5 Å². The standard InChI is InChI=1S/C19H13FN4OS2/c20-14-8-4-7-13(9-14)17-21-15(11-26-17)10-16(25)22-19-24-23-18(27-19)12-5-2-1-3-6-12/h1-9,11H,10H2,(H,22,24,25). The predicted octanol–water partition coefficient (Wildman–Crippen LogP) is 4.65. The van der Waals surface area contributed by atoms with Gasteiger partial charge in [-0.05, 0) is 12.1 Å². The molecule has 2 aromatic carbocycles. The Morgan fingerprint density at radius 1 is 1.00 bits per heavy atom. The Morgan fingerprint density at radius 2 is 1.81 bits per heavy atom. The van der Waals surface area contributed by atoms with Gasteiger partial charge in [-0.1, -0.05) is 53.8 Å². The van der Waals surface area contributed by atoms with E-state index in [1.807, 2.05) is 30.3 Å². The van der Waals surface area contributed by atoms with Gasteiger partial charge in [-0.25, -0.2) is 9.37 Å². The zero-order valence-electron chi connectivity index (χ0n) is 13.9. The molecule has 0 radical (unpaired) electrons. The first-order valence-corrected chi connectivity index (χ1v) is 9.76. The van der Waals surface area contributed by atoms with Crippen LogP contribution in [0.3, 0.4) is 0 Å². The van der Waals surface area contributed by atoms with Crippen LogP contribution in [-0.2, 0) is 11.2 Å². The maximum atomic E-state index is 13.3. The van der Waals surface area contributed by atoms with Crippen LogP contribution in [0.2, 0.25) is 0 Å². The van der Waals surface area contributed by atoms with E-state index < -0.39 is 0 Å². The first kappa shape index (κ1) is 17.4. The molecule has 0 saturated carbocycles. The molecule has 0 spiro atoms. The molecule has 0 aliphatic carbocycles. The fourth-order valence-corrected chi connectivity index (χ4v) is 4.02. The van der Waals surface area contributed by atoms with Gasteiger partial charge in [0.15, 0.2) is 0 Å². The summed E-state index contributed by atoms with van der Waals surface area (Å²) in [5.74, 6) is -0.533. The summed E-state index contributed by atoms with van der Waals surface area (Å²) in [6, 6.07) is 15.9. The molecule has 8 heteroatoms. The van der Waals surface area contributed by atoms with Gasteiger partial charge >= 0.3 is 0 Å². The van der Waals surface area contributed by atoms with Gasteiger partial charge in [-0.15, -0.1) is 21.5 Å². The molecule has 5 nitrogen and oxygen atoms in total. The number of carbonyl (C=O) groups excluding carboxylic acids is 1. The normalized spacial score (nSPS) is 10.7. The van der Waals surface area contributed by atoms with Gasteiger partial charge in [0.2, 0.25) is 11.0 Å². The van der Waals surface area contributed by atoms with Crippen molar-refractivity contribution in [3.63, 3.8) is 0 Å². The molecular formula is C19H13FN4OS2. The minimum atomic E-state index is -0.313. The van der Waals surface area contributed by atoms with Gasteiger partial charge in [-0.2, -0.15) is 0 Å². The summed E-state index contributed by atoms with van der Waals surface area (Å²) in [7, 11) is 0. The van der Waals surface area contributed by atoms with Crippen molar-refractivity contribution < 1.29 is 9.18 Å². The number of anilines is 1. The van der Waals surface area contributed by atoms with Crippen LogP contribution in [0, 0.1) is 5.82 Å². The zero-order valence-corrected chi connectivity index (χ0v) is 15.6. The third-order valence-electron chi connectivity index (χ3n) is 3.66. The largest absolute Gasteiger partial charge is 0.300 e. The Balaban J connectivity index is 1.41. The number of nitrogens with zero attached hydrogens (tertiary/aromatic N) is 3. The lowest BCUT2D eigenvalue weighted by Gasteiger charge is -1.99. The molecule has 2 heterocycles. The van der Waals surface area contributed by atoms with Crippen molar-refractivity contribution in [3.8, 4) is 21.1 Å². The van der Waals surface area contributed by atoms with E-state index >= 15 is 0 Å². The second kappa shape index (κ2) is 7.73. The van der Waals surface area contributed by atoms with E-state index in [4.69, 9.17) is 0 Å². The zero-order chi connectivity index (χ0) is 18.6. The molecule has 0 saturated heterocycles. The maximum Gasteiger partial charge on any atom is 0.232 e. The summed E-state index contributed by atoms with van der Waals surface area (Å²) in [4.78, 5) is 16.7. The molecule has 0 fully saturated rings. The van der Waals surface area contributed by atoms with Crippen LogP contribution in [0.15, 0.2) is 60.0 Å². The lowest BCUT2D eigenvalue weighted by molar-refractivity contribution is -0.115. The highest BCUT2D eigenvalue weighted by atomic mass is 32.1. The number of hydrogen-bond acceptors (Lipinski definition) is 6. The number of amides is 1. The molecule has 0 unspecified atom stereocenters. The van der Waals surface area contributed by atoms with Gasteiger partial charge in [0.1, 0.15) is 15.8 Å². The number of benzene rings is 2. The molecule has 4 rings (SSSR count). The fraction of sp³-hybridized carbons (Fsp3) is 0.0526. The molecule has 0 atom stereocenters. The van der Waals surface area contributed by atoms with Crippen molar-refractivity contribution in [3.05, 3.63) is 71.5 Å². The molecular weight excluding hydrogens is 383 g/mol. The van der Waals surface area contributed by atoms with Crippen LogP contribution in [0.5, 0.6) is 0 Å². The van der Waals surface area contributed by atoms with Crippen LogP contribution in [0.1, 0.15) is 5.69 Å². The van der Waals surface area contributed by atoms with Crippen molar-refractivity contribution in [2.24, 2.45) is 0 Å². The second-order valence-corrected chi connectivity index (χ2v) is 7.49. The molecule has 2 aromatic heterocycles. The Morgan fingerprint density at radius 3 is 2.63 bits per heavy atom. The maximum absolute atomic E-state index is 13.3. The first-order chi connectivity index (χ1) is 13.2. The molecule has 4 aromatic rings. The summed E-state index contributed by atoms with van der Waals surface area (Å²) in [5.41, 5.74) is 2.28. The van der Waals surface area contributed by atoms with Gasteiger partial charge in [0.05, 0.1) is 12.1 Å². The first-order valence-electron chi connectivity index (χ1n) is 8.06. The third-order valence-corrected chi connectivity index (χ3v) is 5.49. The van der Waals surface area contributed by atoms with Crippen LogP contribution in [0.4, 0.5) is 9.52 Å². The number of aromatic nitrogens is 3. The quantitative estimate of drug-likeness (QED) is 0.533. The molecule has 0 bridgehead atoms. The van der Waals surface area contributed by atoms with Gasteiger partial charge in [-0.3, -0.25) is 4.79 Å². The number of hydrogen-bond donors (Lipinski definition) is 1. The number of rotatable bonds is 5. The second-order valence-electron chi connectivity index (χ2n) is 5.66. The van der Waals surface area contributed by atoms with E-state index in [0.717, 1.165) is 10.6 Å². The highest BCUT2D eigenvalue weighted by Crippen LogP contribution is 2.27.